The molecule has 18 nitrogen and oxygen atoms in total. The molecule has 5 heterocycles. The fourth-order valence-electron chi connectivity index (χ4n) is 4.29. The number of amides is 3. The molecule has 5 rings (SSSR count). The lowest BCUT2D eigenvalue weighted by atomic mass is 10.0. The number of carbonyl (C=O) groups is 4. The summed E-state index contributed by atoms with van der Waals surface area (Å²) in [6.45, 7) is 4.13. The fraction of sp³-hybridized carbons (Fsp3) is 0.375. The van der Waals surface area contributed by atoms with Gasteiger partial charge >= 0.3 is 0 Å². The number of hydrogen-bond donors (Lipinski definition) is 5. The minimum Gasteiger partial charge on any atom is -0.543 e. The van der Waals surface area contributed by atoms with Crippen LogP contribution >= 0.6 is 34.9 Å². The van der Waals surface area contributed by atoms with Gasteiger partial charge in [0.05, 0.1) is 11.7 Å². The lowest BCUT2D eigenvalue weighted by Crippen LogP contribution is -2.71. The number of hydrogen-bond acceptors (Lipinski definition) is 17. The number of carboxylic acid groups (broad SMARTS) is 1. The third-order valence-corrected chi connectivity index (χ3v) is 9.63. The molecule has 1 unspecified atom stereocenters. The number of nitrogens with one attached hydrogen (secondary N) is 2. The van der Waals surface area contributed by atoms with Crippen LogP contribution in [-0.2, 0) is 30.6 Å². The van der Waals surface area contributed by atoms with Gasteiger partial charge in [0.25, 0.3) is 23.5 Å². The van der Waals surface area contributed by atoms with Crippen LogP contribution in [-0.4, -0.2) is 92.5 Å². The molecule has 2 aliphatic heterocycles. The van der Waals surface area contributed by atoms with Crippen molar-refractivity contribution in [2.75, 3.05) is 17.2 Å². The van der Waals surface area contributed by atoms with Gasteiger partial charge in [0.15, 0.2) is 16.7 Å². The highest BCUT2D eigenvalue weighted by Crippen LogP contribution is 2.41. The molecule has 2 aliphatic rings. The Bertz CT molecular complexity index is 1770. The summed E-state index contributed by atoms with van der Waals surface area (Å²) in [4.78, 5) is 69.8. The first-order chi connectivity index (χ1) is 21.3. The summed E-state index contributed by atoms with van der Waals surface area (Å²) >= 11 is 3.54. The van der Waals surface area contributed by atoms with Crippen LogP contribution in [0.2, 0.25) is 0 Å². The molecule has 45 heavy (non-hydrogen) atoms. The molecule has 7 N–H and O–H groups in total. The molecule has 0 saturated carbocycles. The smallest absolute Gasteiger partial charge is 0.280 e. The van der Waals surface area contributed by atoms with E-state index in [1.807, 2.05) is 5.43 Å². The fourth-order valence-corrected chi connectivity index (χ4v) is 7.38. The number of aryl methyl sites for hydroxylation is 1. The van der Waals surface area contributed by atoms with E-state index in [1.54, 1.807) is 13.0 Å². The number of thiazole rings is 1. The quantitative estimate of drug-likeness (QED) is 0.0271. The zero-order valence-corrected chi connectivity index (χ0v) is 26.3. The molecule has 3 amide bonds. The Morgan fingerprint density at radius 3 is 2.71 bits per heavy atom. The molecule has 1 fully saturated rings. The first-order valence-electron chi connectivity index (χ1n) is 13.0. The normalized spacial score (nSPS) is 18.5. The van der Waals surface area contributed by atoms with Gasteiger partial charge in [0.1, 0.15) is 28.7 Å². The van der Waals surface area contributed by atoms with Crippen molar-refractivity contribution >= 4 is 75.2 Å². The molecular formula is C24H26N11O7S3-. The summed E-state index contributed by atoms with van der Waals surface area (Å²) in [5, 5.41) is 33.7. The van der Waals surface area contributed by atoms with E-state index in [-0.39, 0.29) is 51.9 Å². The number of carboxylic acids is 1. The van der Waals surface area contributed by atoms with E-state index in [0.717, 1.165) is 16.2 Å². The van der Waals surface area contributed by atoms with Crippen LogP contribution in [0.4, 0.5) is 5.13 Å². The summed E-state index contributed by atoms with van der Waals surface area (Å²) in [5.41, 5.74) is 6.56. The van der Waals surface area contributed by atoms with E-state index in [0.29, 0.717) is 16.3 Å². The predicted octanol–water partition coefficient (Wildman–Crippen LogP) is -2.35. The average Bonchev–Trinajstić information content (AvgIpc) is 3.63. The van der Waals surface area contributed by atoms with Gasteiger partial charge < -0.3 is 30.9 Å². The topological polar surface area (TPSA) is 268 Å². The lowest BCUT2D eigenvalue weighted by molar-refractivity contribution is -0.301. The zero-order chi connectivity index (χ0) is 32.6. The van der Waals surface area contributed by atoms with Crippen LogP contribution in [0.3, 0.4) is 0 Å². The number of aromatic nitrogens is 5. The van der Waals surface area contributed by atoms with E-state index in [2.05, 4.69) is 30.5 Å². The van der Waals surface area contributed by atoms with Gasteiger partial charge in [-0.25, -0.2) is 15.8 Å². The Labute approximate surface area is 266 Å². The summed E-state index contributed by atoms with van der Waals surface area (Å²) in [6, 6.07) is 0.635. The number of aliphatic hydroxyl groups excluding tert-OH is 1. The Kier molecular flexibility index (Phi) is 8.98. The maximum atomic E-state index is 13.3. The molecule has 0 spiro atoms. The van der Waals surface area contributed by atoms with Gasteiger partial charge in [-0.2, -0.15) is 9.50 Å². The van der Waals surface area contributed by atoms with Crippen molar-refractivity contribution in [2.24, 2.45) is 11.0 Å². The van der Waals surface area contributed by atoms with Crippen LogP contribution in [0.5, 0.6) is 0 Å². The molecule has 238 valence electrons. The summed E-state index contributed by atoms with van der Waals surface area (Å²) < 4.78 is 1.45. The number of rotatable bonds is 11. The van der Waals surface area contributed by atoms with Crippen molar-refractivity contribution in [1.29, 1.82) is 0 Å². The van der Waals surface area contributed by atoms with Crippen LogP contribution in [0.25, 0.3) is 5.78 Å². The van der Waals surface area contributed by atoms with Gasteiger partial charge in [-0.3, -0.25) is 24.7 Å². The standard InChI is InChI=1S/C24H27N11O7S3/c1-9-4-13(35-23(27-9)29-12(5-36)32-35)43-6-10-7-44-19-15(18(38)34(19)16(10)20(39)40)30-17(37)14(11-8-45-22(25)28-11)33-42-24(2,3)21(41)31-26/h4,8,15,19,36H,5-7,26H2,1-3H3,(H2,25,28)(H,30,37)(H,31,41)(H,39,40)/p-1/t15?,19-/m1/s1. The number of aliphatic carboxylic acids is 1. The summed E-state index contributed by atoms with van der Waals surface area (Å²) in [6.07, 6.45) is 0. The number of carbonyl (C=O) groups excluding carboxylic acids is 4. The van der Waals surface area contributed by atoms with E-state index in [1.165, 1.54) is 47.3 Å². The molecule has 2 atom stereocenters. The van der Waals surface area contributed by atoms with Crippen LogP contribution < -0.4 is 27.4 Å². The maximum Gasteiger partial charge on any atom is 0.280 e. The lowest BCUT2D eigenvalue weighted by Gasteiger charge is -2.50. The third-order valence-electron chi connectivity index (χ3n) is 6.54. The molecule has 1 saturated heterocycles. The van der Waals surface area contributed by atoms with E-state index < -0.39 is 40.7 Å². The molecule has 3 aromatic heterocycles. The maximum absolute atomic E-state index is 13.3. The second-order valence-electron chi connectivity index (χ2n) is 10.1. The largest absolute Gasteiger partial charge is 0.543 e. The predicted molar refractivity (Wildman–Crippen MR) is 160 cm³/mol. The average molecular weight is 677 g/mol. The second kappa shape index (κ2) is 12.6. The molecular weight excluding hydrogens is 651 g/mol. The van der Waals surface area contributed by atoms with E-state index >= 15 is 0 Å². The van der Waals surface area contributed by atoms with Gasteiger partial charge in [-0.05, 0) is 32.4 Å². The number of fused-ring (bicyclic) bond motifs is 2. The molecule has 21 heteroatoms. The van der Waals surface area contributed by atoms with Crippen molar-refractivity contribution in [3.8, 4) is 0 Å². The molecule has 0 aliphatic carbocycles. The first-order valence-corrected chi connectivity index (χ1v) is 15.9. The van der Waals surface area contributed by atoms with Crippen LogP contribution in [0.15, 0.2) is 32.9 Å². The zero-order valence-electron chi connectivity index (χ0n) is 23.8. The Morgan fingerprint density at radius 1 is 1.31 bits per heavy atom. The number of β-lactam (4-membered cyclic amide) rings is 1. The van der Waals surface area contributed by atoms with Crippen molar-refractivity contribution in [1.82, 2.24) is 40.2 Å². The minimum atomic E-state index is -1.57. The summed E-state index contributed by atoms with van der Waals surface area (Å²) in [5.74, 6) is 2.24. The molecule has 0 aromatic carbocycles. The van der Waals surface area contributed by atoms with Crippen molar-refractivity contribution in [3.63, 3.8) is 0 Å². The van der Waals surface area contributed by atoms with Crippen molar-refractivity contribution in [3.05, 3.63) is 39.9 Å². The third kappa shape index (κ3) is 6.29. The number of nitrogen functional groups attached to an aromatic ring is 1. The number of oxime groups is 1. The molecule has 0 bridgehead atoms. The number of nitrogens with zero attached hydrogens (tertiary/aromatic N) is 7. The molecule has 3 aromatic rings. The number of hydrazine groups is 1. The summed E-state index contributed by atoms with van der Waals surface area (Å²) in [7, 11) is 0. The SMILES string of the molecule is Cc1cc(SCC2=C(C(=O)[O-])N3C(=O)C(NC(=O)C(=NOC(C)(C)C(=O)NN)c4csc(N)n4)[C@H]3SC2)n2nc(CO)nc2n1. The van der Waals surface area contributed by atoms with E-state index in [9.17, 15) is 29.4 Å². The Morgan fingerprint density at radius 2 is 2.07 bits per heavy atom. The highest BCUT2D eigenvalue weighted by molar-refractivity contribution is 8.01. The van der Waals surface area contributed by atoms with E-state index in [4.69, 9.17) is 16.4 Å². The van der Waals surface area contributed by atoms with Gasteiger partial charge in [-0.1, -0.05) is 5.16 Å². The van der Waals surface area contributed by atoms with Crippen molar-refractivity contribution < 1.29 is 34.2 Å². The highest BCUT2D eigenvalue weighted by Gasteiger charge is 2.53. The van der Waals surface area contributed by atoms with Crippen LogP contribution in [0, 0.1) is 6.92 Å². The van der Waals surface area contributed by atoms with Crippen LogP contribution in [0.1, 0.15) is 31.1 Å². The number of nitrogens with two attached hydrogens (primary N) is 2. The van der Waals surface area contributed by atoms with Crippen molar-refractivity contribution in [2.45, 2.75) is 49.4 Å². The Balaban J connectivity index is 1.34. The highest BCUT2D eigenvalue weighted by atomic mass is 32.2. The molecule has 0 radical (unpaired) electrons. The first kappa shape index (κ1) is 32.1. The van der Waals surface area contributed by atoms with Gasteiger partial charge in [0, 0.05) is 22.6 Å². The Hall–Kier alpha value is -4.31. The number of thioether (sulfide) groups is 2. The monoisotopic (exact) mass is 676 g/mol. The number of aliphatic hydroxyl groups is 1. The van der Waals surface area contributed by atoms with Gasteiger partial charge in [-0.15, -0.1) is 40.0 Å². The van der Waals surface area contributed by atoms with Gasteiger partial charge in [0.2, 0.25) is 5.60 Å². The second-order valence-corrected chi connectivity index (χ2v) is 13.1. The minimum absolute atomic E-state index is 0.0347. The number of anilines is 1.